The first-order valence-electron chi connectivity index (χ1n) is 7.91. The minimum atomic E-state index is -0.161. The Kier molecular flexibility index (Phi) is 1.96. The molecule has 2 nitrogen and oxygen atoms in total. The van der Waals surface area contributed by atoms with Crippen molar-refractivity contribution in [3.8, 4) is 0 Å². The van der Waals surface area contributed by atoms with E-state index in [-0.39, 0.29) is 17.0 Å². The van der Waals surface area contributed by atoms with Gasteiger partial charge in [-0.1, -0.05) is 20.8 Å². The lowest BCUT2D eigenvalue weighted by Crippen LogP contribution is -2.69. The molecule has 0 aromatic heterocycles. The van der Waals surface area contributed by atoms with Gasteiger partial charge in [0.15, 0.2) is 0 Å². The number of hydrogen-bond acceptors (Lipinski definition) is 2. The quantitative estimate of drug-likeness (QED) is 0.669. The number of carbonyl (C=O) groups excluding carboxylic acids is 1. The van der Waals surface area contributed by atoms with E-state index in [1.165, 1.54) is 32.1 Å². The summed E-state index contributed by atoms with van der Waals surface area (Å²) in [6.45, 7) is 9.66. The van der Waals surface area contributed by atoms with Crippen LogP contribution in [0.5, 0.6) is 0 Å². The summed E-state index contributed by atoms with van der Waals surface area (Å²) in [6, 6.07) is 0. The summed E-state index contributed by atoms with van der Waals surface area (Å²) in [4.78, 5) is 11.4. The molecule has 19 heavy (non-hydrogen) atoms. The third-order valence-corrected chi connectivity index (χ3v) is 7.49. The first-order valence-corrected chi connectivity index (χ1v) is 7.91. The Morgan fingerprint density at radius 1 is 1.11 bits per heavy atom. The van der Waals surface area contributed by atoms with Crippen LogP contribution in [-0.4, -0.2) is 11.6 Å². The van der Waals surface area contributed by atoms with Crippen LogP contribution < -0.4 is 0 Å². The maximum Gasteiger partial charge on any atom is 0.310 e. The minimum absolute atomic E-state index is 0.0154. The minimum Gasteiger partial charge on any atom is -0.458 e. The van der Waals surface area contributed by atoms with Crippen LogP contribution >= 0.6 is 0 Å². The molecule has 4 bridgehead atoms. The highest BCUT2D eigenvalue weighted by Crippen LogP contribution is 2.75. The molecule has 106 valence electrons. The predicted molar refractivity (Wildman–Crippen MR) is 73.5 cm³/mol. The molecule has 5 fully saturated rings. The average molecular weight is 262 g/mol. The van der Waals surface area contributed by atoms with Gasteiger partial charge >= 0.3 is 5.97 Å². The molecular formula is C17H26O2. The standard InChI is InChI=1S/C17H26O2/c1-11-12-5-14(2)8-15(11,3)10-17(6-12,9-14)16(4)7-13(18)19-16/h11-12H,5-10H2,1-4H3/t11-,12-,14-,15-,16+,17+/m0/s1. The third-order valence-electron chi connectivity index (χ3n) is 7.49. The van der Waals surface area contributed by atoms with Gasteiger partial charge in [-0.05, 0) is 61.7 Å². The molecule has 5 aliphatic rings. The normalized spacial score (nSPS) is 62.8. The molecule has 2 heteroatoms. The number of ether oxygens (including phenoxy) is 1. The maximum absolute atomic E-state index is 11.4. The smallest absolute Gasteiger partial charge is 0.310 e. The van der Waals surface area contributed by atoms with Crippen molar-refractivity contribution in [2.45, 2.75) is 71.8 Å². The lowest BCUT2D eigenvalue weighted by atomic mass is 9.34. The molecule has 4 aliphatic carbocycles. The fourth-order valence-corrected chi connectivity index (χ4v) is 6.90. The van der Waals surface area contributed by atoms with Gasteiger partial charge in [0.2, 0.25) is 0 Å². The maximum atomic E-state index is 11.4. The molecule has 6 atom stereocenters. The van der Waals surface area contributed by atoms with Crippen LogP contribution in [-0.2, 0) is 9.53 Å². The van der Waals surface area contributed by atoms with Crippen molar-refractivity contribution < 1.29 is 9.53 Å². The Hall–Kier alpha value is -0.530. The van der Waals surface area contributed by atoms with E-state index >= 15 is 0 Å². The molecule has 1 aliphatic heterocycles. The number of esters is 1. The second kappa shape index (κ2) is 3.04. The van der Waals surface area contributed by atoms with Crippen molar-refractivity contribution in [1.29, 1.82) is 0 Å². The van der Waals surface area contributed by atoms with Crippen LogP contribution in [0.25, 0.3) is 0 Å². The molecule has 5 rings (SSSR count). The molecule has 4 saturated carbocycles. The van der Waals surface area contributed by atoms with Gasteiger partial charge in [-0.25, -0.2) is 0 Å². The van der Waals surface area contributed by atoms with Crippen molar-refractivity contribution in [3.05, 3.63) is 0 Å². The van der Waals surface area contributed by atoms with E-state index in [2.05, 4.69) is 27.7 Å². The zero-order chi connectivity index (χ0) is 13.7. The van der Waals surface area contributed by atoms with Gasteiger partial charge in [0, 0.05) is 5.41 Å². The van der Waals surface area contributed by atoms with Crippen LogP contribution in [0.2, 0.25) is 0 Å². The first kappa shape index (κ1) is 12.2. The number of cyclic esters (lactones) is 1. The molecule has 0 aromatic rings. The molecule has 0 spiro atoms. The zero-order valence-corrected chi connectivity index (χ0v) is 12.7. The number of hydrogen-bond donors (Lipinski definition) is 0. The highest BCUT2D eigenvalue weighted by atomic mass is 16.6. The van der Waals surface area contributed by atoms with Gasteiger partial charge in [0.25, 0.3) is 0 Å². The van der Waals surface area contributed by atoms with Gasteiger partial charge < -0.3 is 4.74 Å². The lowest BCUT2D eigenvalue weighted by molar-refractivity contribution is -0.275. The Morgan fingerprint density at radius 2 is 1.79 bits per heavy atom. The largest absolute Gasteiger partial charge is 0.458 e. The van der Waals surface area contributed by atoms with Gasteiger partial charge in [-0.2, -0.15) is 0 Å². The van der Waals surface area contributed by atoms with E-state index in [1.54, 1.807) is 0 Å². The van der Waals surface area contributed by atoms with E-state index in [0.717, 1.165) is 11.8 Å². The Balaban J connectivity index is 1.77. The summed E-state index contributed by atoms with van der Waals surface area (Å²) in [7, 11) is 0. The van der Waals surface area contributed by atoms with Crippen LogP contribution in [0, 0.1) is 28.1 Å². The lowest BCUT2D eigenvalue weighted by Gasteiger charge is -2.72. The first-order chi connectivity index (χ1) is 8.70. The van der Waals surface area contributed by atoms with Crippen LogP contribution in [0.15, 0.2) is 0 Å². The number of carbonyl (C=O) groups is 1. The summed E-state index contributed by atoms with van der Waals surface area (Å²) in [5.74, 6) is 1.71. The van der Waals surface area contributed by atoms with Crippen molar-refractivity contribution in [2.24, 2.45) is 28.1 Å². The zero-order valence-electron chi connectivity index (χ0n) is 12.7. The summed E-state index contributed by atoms with van der Waals surface area (Å²) in [5.41, 5.74) is 1.08. The predicted octanol–water partition coefficient (Wildman–Crippen LogP) is 3.93. The van der Waals surface area contributed by atoms with E-state index in [0.29, 0.717) is 17.3 Å². The van der Waals surface area contributed by atoms with Crippen molar-refractivity contribution in [3.63, 3.8) is 0 Å². The summed E-state index contributed by atoms with van der Waals surface area (Å²) in [6.07, 6.45) is 7.28. The molecule has 0 amide bonds. The van der Waals surface area contributed by atoms with Gasteiger partial charge in [0.1, 0.15) is 5.60 Å². The number of rotatable bonds is 1. The molecule has 0 radical (unpaired) electrons. The van der Waals surface area contributed by atoms with Crippen molar-refractivity contribution >= 4 is 5.97 Å². The van der Waals surface area contributed by atoms with E-state index in [1.807, 2.05) is 0 Å². The Labute approximate surface area is 116 Å². The molecule has 0 aromatic carbocycles. The van der Waals surface area contributed by atoms with Gasteiger partial charge in [-0.15, -0.1) is 0 Å². The Morgan fingerprint density at radius 3 is 2.37 bits per heavy atom. The topological polar surface area (TPSA) is 26.3 Å². The fraction of sp³-hybridized carbons (Fsp3) is 0.941. The molecule has 1 saturated heterocycles. The molecule has 1 heterocycles. The second-order valence-corrected chi connectivity index (χ2v) is 9.11. The van der Waals surface area contributed by atoms with Gasteiger partial charge in [0.05, 0.1) is 6.42 Å². The SMILES string of the molecule is C[C@H]1[C@H]2C[C@@]3(C)C[C@@]1(C)C[C@@]([C@@]1(C)CC(=O)O1)(C2)C3. The highest BCUT2D eigenvalue weighted by molar-refractivity contribution is 5.77. The highest BCUT2D eigenvalue weighted by Gasteiger charge is 2.70. The summed E-state index contributed by atoms with van der Waals surface area (Å²) < 4.78 is 5.70. The van der Waals surface area contributed by atoms with Crippen LogP contribution in [0.3, 0.4) is 0 Å². The van der Waals surface area contributed by atoms with Crippen LogP contribution in [0.4, 0.5) is 0 Å². The van der Waals surface area contributed by atoms with Crippen LogP contribution in [0.1, 0.15) is 66.2 Å². The molecule has 0 N–H and O–H groups in total. The van der Waals surface area contributed by atoms with E-state index in [9.17, 15) is 4.79 Å². The third kappa shape index (κ3) is 1.31. The second-order valence-electron chi connectivity index (χ2n) is 9.11. The Bertz CT molecular complexity index is 462. The molecular weight excluding hydrogens is 236 g/mol. The van der Waals surface area contributed by atoms with Crippen molar-refractivity contribution in [1.82, 2.24) is 0 Å². The van der Waals surface area contributed by atoms with E-state index < -0.39 is 0 Å². The summed E-state index contributed by atoms with van der Waals surface area (Å²) >= 11 is 0. The molecule has 0 unspecified atom stereocenters. The average Bonchev–Trinajstić information content (AvgIpc) is 2.21. The van der Waals surface area contributed by atoms with Crippen molar-refractivity contribution in [2.75, 3.05) is 0 Å². The monoisotopic (exact) mass is 262 g/mol. The fourth-order valence-electron chi connectivity index (χ4n) is 6.90. The van der Waals surface area contributed by atoms with E-state index in [4.69, 9.17) is 4.74 Å². The summed E-state index contributed by atoms with van der Waals surface area (Å²) in [5, 5.41) is 0. The van der Waals surface area contributed by atoms with Gasteiger partial charge in [-0.3, -0.25) is 4.79 Å².